The van der Waals surface area contributed by atoms with Crippen molar-refractivity contribution in [3.63, 3.8) is 0 Å². The van der Waals surface area contributed by atoms with E-state index in [1.807, 2.05) is 6.19 Å². The van der Waals surface area contributed by atoms with Crippen LogP contribution in [0.5, 0.6) is 0 Å². The second kappa shape index (κ2) is 6.42. The molecule has 7 heteroatoms. The molecule has 0 amide bonds. The number of hydrogen-bond acceptors (Lipinski definition) is 6. The highest BCUT2D eigenvalue weighted by atomic mass is 19.1. The van der Waals surface area contributed by atoms with Crippen molar-refractivity contribution in [1.82, 2.24) is 0 Å². The number of ether oxygens (including phenoxy) is 1. The fourth-order valence-electron chi connectivity index (χ4n) is 1.85. The van der Waals surface area contributed by atoms with Gasteiger partial charge < -0.3 is 9.15 Å². The van der Waals surface area contributed by atoms with Crippen molar-refractivity contribution in [2.24, 2.45) is 0 Å². The van der Waals surface area contributed by atoms with Gasteiger partial charge in [0, 0.05) is 0 Å². The molecule has 0 saturated carbocycles. The summed E-state index contributed by atoms with van der Waals surface area (Å²) in [6.45, 7) is -0.0512. The van der Waals surface area contributed by atoms with E-state index in [0.717, 1.165) is 6.07 Å². The first-order valence-electron chi connectivity index (χ1n) is 6.12. The van der Waals surface area contributed by atoms with Crippen LogP contribution in [-0.4, -0.2) is 13.1 Å². The molecule has 1 aromatic carbocycles. The molecule has 2 rings (SSSR count). The van der Waals surface area contributed by atoms with E-state index in [4.69, 9.17) is 9.68 Å². The zero-order chi connectivity index (χ0) is 16.1. The Bertz CT molecular complexity index is 786. The predicted octanol–water partition coefficient (Wildman–Crippen LogP) is 2.56. The molecular weight excluding hydrogens is 289 g/mol. The molecule has 0 unspecified atom stereocenters. The van der Waals surface area contributed by atoms with Crippen molar-refractivity contribution in [2.75, 3.05) is 12.0 Å². The second-order valence-corrected chi connectivity index (χ2v) is 4.21. The molecule has 6 nitrogen and oxygen atoms in total. The van der Waals surface area contributed by atoms with Gasteiger partial charge >= 0.3 is 5.97 Å². The molecule has 22 heavy (non-hydrogen) atoms. The number of methoxy groups -OCH3 is 1. The summed E-state index contributed by atoms with van der Waals surface area (Å²) in [5, 5.41) is 18.1. The monoisotopic (exact) mass is 299 g/mol. The second-order valence-electron chi connectivity index (χ2n) is 4.21. The molecule has 0 aliphatic carbocycles. The van der Waals surface area contributed by atoms with Gasteiger partial charge in [0.15, 0.2) is 6.19 Å². The summed E-state index contributed by atoms with van der Waals surface area (Å²) in [4.78, 5) is 12.7. The summed E-state index contributed by atoms with van der Waals surface area (Å²) in [7, 11) is 1.24. The van der Waals surface area contributed by atoms with Crippen molar-refractivity contribution >= 4 is 11.7 Å². The van der Waals surface area contributed by atoms with Crippen molar-refractivity contribution in [3.8, 4) is 12.3 Å². The molecule has 0 aliphatic rings. The van der Waals surface area contributed by atoms with Crippen LogP contribution in [-0.2, 0) is 11.3 Å². The zero-order valence-corrected chi connectivity index (χ0v) is 11.5. The summed E-state index contributed by atoms with van der Waals surface area (Å²) >= 11 is 0. The molecule has 0 bridgehead atoms. The number of furan rings is 1. The minimum atomic E-state index is -0.669. The van der Waals surface area contributed by atoms with Crippen LogP contribution in [0.25, 0.3) is 0 Å². The summed E-state index contributed by atoms with van der Waals surface area (Å²) in [5.41, 5.74) is 0.337. The normalized spacial score (nSPS) is 9.64. The van der Waals surface area contributed by atoms with Crippen LogP contribution < -0.4 is 4.90 Å². The van der Waals surface area contributed by atoms with E-state index in [0.29, 0.717) is 5.69 Å². The minimum absolute atomic E-state index is 0.0512. The average molecular weight is 299 g/mol. The lowest BCUT2D eigenvalue weighted by Gasteiger charge is -2.15. The Balaban J connectivity index is 2.32. The van der Waals surface area contributed by atoms with Crippen LogP contribution >= 0.6 is 0 Å². The van der Waals surface area contributed by atoms with Gasteiger partial charge in [-0.05, 0) is 24.3 Å². The molecule has 1 heterocycles. The van der Waals surface area contributed by atoms with Gasteiger partial charge in [-0.25, -0.2) is 9.18 Å². The van der Waals surface area contributed by atoms with E-state index in [-0.39, 0.29) is 23.4 Å². The number of rotatable bonds is 4. The molecule has 110 valence electrons. The minimum Gasteiger partial charge on any atom is -0.466 e. The molecule has 2 aromatic rings. The predicted molar refractivity (Wildman–Crippen MR) is 73.0 cm³/mol. The van der Waals surface area contributed by atoms with Crippen molar-refractivity contribution < 1.29 is 18.3 Å². The number of hydrogen-bond donors (Lipinski definition) is 0. The van der Waals surface area contributed by atoms with Gasteiger partial charge in [-0.1, -0.05) is 0 Å². The smallest absolute Gasteiger partial charge is 0.341 e. The van der Waals surface area contributed by atoms with Crippen molar-refractivity contribution in [2.45, 2.75) is 6.54 Å². The first-order chi connectivity index (χ1) is 10.6. The Morgan fingerprint density at radius 1 is 1.41 bits per heavy atom. The van der Waals surface area contributed by atoms with Gasteiger partial charge in [0.2, 0.25) is 0 Å². The number of carbonyl (C=O) groups excluding carboxylic acids is 1. The van der Waals surface area contributed by atoms with Gasteiger partial charge in [0.25, 0.3) is 0 Å². The van der Waals surface area contributed by atoms with E-state index in [1.165, 1.54) is 36.5 Å². The highest BCUT2D eigenvalue weighted by Gasteiger charge is 2.19. The highest BCUT2D eigenvalue weighted by molar-refractivity contribution is 5.90. The number of benzene rings is 1. The van der Waals surface area contributed by atoms with Crippen LogP contribution in [0.15, 0.2) is 34.9 Å². The number of carbonyl (C=O) groups is 1. The molecule has 0 saturated heterocycles. The lowest BCUT2D eigenvalue weighted by molar-refractivity contribution is 0.0598. The zero-order valence-electron chi connectivity index (χ0n) is 11.5. The van der Waals surface area contributed by atoms with Gasteiger partial charge in [-0.3, -0.25) is 4.90 Å². The fourth-order valence-corrected chi connectivity index (χ4v) is 1.85. The summed E-state index contributed by atoms with van der Waals surface area (Å²) in [6.07, 6.45) is 3.21. The third kappa shape index (κ3) is 2.89. The summed E-state index contributed by atoms with van der Waals surface area (Å²) in [5.74, 6) is -1.02. The van der Waals surface area contributed by atoms with Crippen molar-refractivity contribution in [3.05, 3.63) is 53.2 Å². The van der Waals surface area contributed by atoms with E-state index >= 15 is 0 Å². The Hall–Kier alpha value is -3.32. The van der Waals surface area contributed by atoms with E-state index in [9.17, 15) is 14.4 Å². The lowest BCUT2D eigenvalue weighted by atomic mass is 10.2. The molecule has 0 radical (unpaired) electrons. The largest absolute Gasteiger partial charge is 0.466 e. The van der Waals surface area contributed by atoms with Crippen LogP contribution in [0, 0.1) is 28.6 Å². The molecule has 0 N–H and O–H groups in total. The number of anilines is 1. The van der Waals surface area contributed by atoms with Gasteiger partial charge in [0.05, 0.1) is 31.2 Å². The summed E-state index contributed by atoms with van der Waals surface area (Å²) < 4.78 is 23.1. The number of esters is 1. The third-order valence-corrected chi connectivity index (χ3v) is 2.96. The average Bonchev–Trinajstić information content (AvgIpc) is 3.00. The van der Waals surface area contributed by atoms with E-state index < -0.39 is 11.8 Å². The van der Waals surface area contributed by atoms with Crippen LogP contribution in [0.2, 0.25) is 0 Å². The van der Waals surface area contributed by atoms with Crippen LogP contribution in [0.4, 0.5) is 10.1 Å². The molecule has 0 spiro atoms. The van der Waals surface area contributed by atoms with E-state index in [1.54, 1.807) is 6.07 Å². The van der Waals surface area contributed by atoms with Gasteiger partial charge in [-0.15, -0.1) is 0 Å². The van der Waals surface area contributed by atoms with Crippen molar-refractivity contribution in [1.29, 1.82) is 10.5 Å². The maximum atomic E-state index is 13.3. The molecular formula is C15H10FN3O3. The Morgan fingerprint density at radius 3 is 2.82 bits per heavy atom. The molecule has 0 atom stereocenters. The highest BCUT2D eigenvalue weighted by Crippen LogP contribution is 2.22. The Kier molecular flexibility index (Phi) is 4.40. The van der Waals surface area contributed by atoms with Crippen LogP contribution in [0.1, 0.15) is 21.7 Å². The third-order valence-electron chi connectivity index (χ3n) is 2.96. The standard InChI is InChI=1S/C15H10FN3O3/c1-21-15(20)12-4-5-22-14(12)8-19(9-18)11-2-3-13(16)10(6-11)7-17/h2-6H,8H2,1H3. The SMILES string of the molecule is COC(=O)c1ccoc1CN(C#N)c1ccc(F)c(C#N)c1. The molecule has 0 aliphatic heterocycles. The van der Waals surface area contributed by atoms with E-state index in [2.05, 4.69) is 4.74 Å². The topological polar surface area (TPSA) is 90.3 Å². The summed E-state index contributed by atoms with van der Waals surface area (Å²) in [6, 6.07) is 6.85. The lowest BCUT2D eigenvalue weighted by Crippen LogP contribution is -2.17. The quantitative estimate of drug-likeness (QED) is 0.489. The molecule has 0 fully saturated rings. The fraction of sp³-hybridized carbons (Fsp3) is 0.133. The maximum absolute atomic E-state index is 13.3. The Labute approximate surface area is 125 Å². The first kappa shape index (κ1) is 15.1. The van der Waals surface area contributed by atoms with Crippen LogP contribution in [0.3, 0.4) is 0 Å². The number of nitriles is 2. The number of nitrogens with zero attached hydrogens (tertiary/aromatic N) is 3. The first-order valence-corrected chi connectivity index (χ1v) is 6.12. The Morgan fingerprint density at radius 2 is 2.18 bits per heavy atom. The van der Waals surface area contributed by atoms with Gasteiger partial charge in [-0.2, -0.15) is 10.5 Å². The number of halogens is 1. The molecule has 1 aromatic heterocycles. The maximum Gasteiger partial charge on any atom is 0.341 e. The van der Waals surface area contributed by atoms with Gasteiger partial charge in [0.1, 0.15) is 23.2 Å².